The predicted molar refractivity (Wildman–Crippen MR) is 50.4 cm³/mol. The first-order valence-electron chi connectivity index (χ1n) is 4.21. The van der Waals surface area contributed by atoms with E-state index in [1.165, 1.54) is 4.80 Å². The van der Waals surface area contributed by atoms with Crippen LogP contribution in [0, 0.1) is 0 Å². The zero-order valence-electron chi connectivity index (χ0n) is 7.75. The van der Waals surface area contributed by atoms with Crippen LogP contribution in [0.5, 0.6) is 0 Å². The molecule has 0 amide bonds. The molecule has 6 nitrogen and oxygen atoms in total. The molecule has 2 heterocycles. The zero-order chi connectivity index (χ0) is 9.80. The quantitative estimate of drug-likeness (QED) is 0.749. The number of nitrogens with zero attached hydrogens (tertiary/aromatic N) is 5. The molecule has 0 radical (unpaired) electrons. The van der Waals surface area contributed by atoms with Gasteiger partial charge in [0.05, 0.1) is 12.7 Å². The van der Waals surface area contributed by atoms with Gasteiger partial charge in [-0.25, -0.2) is 0 Å². The van der Waals surface area contributed by atoms with E-state index in [1.807, 2.05) is 12.1 Å². The van der Waals surface area contributed by atoms with Crippen molar-refractivity contribution < 1.29 is 0 Å². The maximum Gasteiger partial charge on any atom is 0.148 e. The van der Waals surface area contributed by atoms with E-state index in [2.05, 4.69) is 25.7 Å². The van der Waals surface area contributed by atoms with Crippen LogP contribution in [0.15, 0.2) is 24.5 Å². The fourth-order valence-corrected chi connectivity index (χ4v) is 1.05. The van der Waals surface area contributed by atoms with Crippen molar-refractivity contribution in [1.82, 2.24) is 25.2 Å². The molecule has 0 unspecified atom stereocenters. The molecule has 0 aromatic carbocycles. The molecule has 1 N–H and O–H groups in total. The Morgan fingerprint density at radius 2 is 2.43 bits per heavy atom. The summed E-state index contributed by atoms with van der Waals surface area (Å²) < 4.78 is 0. The fraction of sp³-hybridized carbons (Fsp3) is 0.250. The molecule has 0 aliphatic heterocycles. The third kappa shape index (κ3) is 2.03. The summed E-state index contributed by atoms with van der Waals surface area (Å²) >= 11 is 0. The van der Waals surface area contributed by atoms with E-state index >= 15 is 0 Å². The van der Waals surface area contributed by atoms with Crippen LogP contribution < -0.4 is 5.32 Å². The minimum atomic E-state index is 0.604. The van der Waals surface area contributed by atoms with E-state index in [4.69, 9.17) is 0 Å². The molecule has 0 fully saturated rings. The number of aromatic nitrogens is 5. The molecule has 0 saturated heterocycles. The molecular weight excluding hydrogens is 180 g/mol. The van der Waals surface area contributed by atoms with Crippen molar-refractivity contribution in [3.63, 3.8) is 0 Å². The molecule has 0 saturated carbocycles. The molecule has 14 heavy (non-hydrogen) atoms. The average Bonchev–Trinajstić information content (AvgIpc) is 2.63. The first-order chi connectivity index (χ1) is 6.84. The number of nitrogens with one attached hydrogen (secondary N) is 1. The van der Waals surface area contributed by atoms with Crippen LogP contribution in [0.4, 0.5) is 5.82 Å². The van der Waals surface area contributed by atoms with Crippen molar-refractivity contribution in [2.75, 3.05) is 5.32 Å². The highest BCUT2D eigenvalue weighted by molar-refractivity contribution is 5.31. The molecule has 2 aromatic heterocycles. The van der Waals surface area contributed by atoms with Gasteiger partial charge in [-0.2, -0.15) is 20.1 Å². The number of aryl methyl sites for hydroxylation is 1. The largest absolute Gasteiger partial charge is 0.363 e. The van der Waals surface area contributed by atoms with Gasteiger partial charge in [-0.05, 0) is 12.1 Å². The van der Waals surface area contributed by atoms with E-state index in [9.17, 15) is 0 Å². The average molecular weight is 190 g/mol. The van der Waals surface area contributed by atoms with Gasteiger partial charge in [0.15, 0.2) is 0 Å². The Labute approximate surface area is 81.0 Å². The standard InChI is InChI=1S/C8H10N6/c1-14-11-6-7(13-14)5-9-8-3-2-4-10-12-8/h2-4,6H,5H2,1H3,(H,9,12). The fourth-order valence-electron chi connectivity index (χ4n) is 1.05. The number of hydrogen-bond donors (Lipinski definition) is 1. The molecule has 72 valence electrons. The SMILES string of the molecule is Cn1ncc(CNc2cccnn2)n1. The molecule has 2 rings (SSSR count). The first-order valence-corrected chi connectivity index (χ1v) is 4.21. The lowest BCUT2D eigenvalue weighted by molar-refractivity contribution is 0.646. The lowest BCUT2D eigenvalue weighted by Crippen LogP contribution is -2.03. The summed E-state index contributed by atoms with van der Waals surface area (Å²) in [6.07, 6.45) is 3.34. The van der Waals surface area contributed by atoms with E-state index < -0.39 is 0 Å². The van der Waals surface area contributed by atoms with Gasteiger partial charge in [-0.1, -0.05) is 0 Å². The van der Waals surface area contributed by atoms with Crippen LogP contribution in [-0.4, -0.2) is 25.2 Å². The highest BCUT2D eigenvalue weighted by Gasteiger charge is 1.97. The topological polar surface area (TPSA) is 68.5 Å². The van der Waals surface area contributed by atoms with Gasteiger partial charge in [-0.3, -0.25) is 0 Å². The number of rotatable bonds is 3. The highest BCUT2D eigenvalue weighted by Crippen LogP contribution is 2.00. The Morgan fingerprint density at radius 1 is 1.50 bits per heavy atom. The molecule has 0 aliphatic rings. The molecule has 6 heteroatoms. The summed E-state index contributed by atoms with van der Waals surface area (Å²) in [5, 5.41) is 18.8. The Hall–Kier alpha value is -1.98. The molecule has 0 bridgehead atoms. The van der Waals surface area contributed by atoms with Gasteiger partial charge < -0.3 is 5.32 Å². The monoisotopic (exact) mass is 190 g/mol. The second kappa shape index (κ2) is 3.82. The minimum absolute atomic E-state index is 0.604. The van der Waals surface area contributed by atoms with Crippen LogP contribution >= 0.6 is 0 Å². The van der Waals surface area contributed by atoms with Gasteiger partial charge in [-0.15, -0.1) is 5.10 Å². The van der Waals surface area contributed by atoms with Crippen molar-refractivity contribution in [1.29, 1.82) is 0 Å². The predicted octanol–water partition coefficient (Wildman–Crippen LogP) is 0.217. The molecule has 2 aromatic rings. The zero-order valence-corrected chi connectivity index (χ0v) is 7.75. The summed E-state index contributed by atoms with van der Waals surface area (Å²) in [6.45, 7) is 0.604. The van der Waals surface area contributed by atoms with E-state index in [0.717, 1.165) is 11.5 Å². The Kier molecular flexibility index (Phi) is 2.35. The summed E-state index contributed by atoms with van der Waals surface area (Å²) in [4.78, 5) is 1.52. The molecular formula is C8H10N6. The van der Waals surface area contributed by atoms with Gasteiger partial charge in [0.25, 0.3) is 0 Å². The van der Waals surface area contributed by atoms with E-state index in [1.54, 1.807) is 19.4 Å². The van der Waals surface area contributed by atoms with Crippen molar-refractivity contribution in [2.24, 2.45) is 7.05 Å². The third-order valence-corrected chi connectivity index (χ3v) is 1.67. The smallest absolute Gasteiger partial charge is 0.148 e. The Bertz CT molecular complexity index is 395. The van der Waals surface area contributed by atoms with Crippen molar-refractivity contribution in [3.8, 4) is 0 Å². The first kappa shape index (κ1) is 8.61. The second-order valence-corrected chi connectivity index (χ2v) is 2.79. The van der Waals surface area contributed by atoms with Gasteiger partial charge in [0.2, 0.25) is 0 Å². The Balaban J connectivity index is 1.95. The summed E-state index contributed by atoms with van der Waals surface area (Å²) in [5.41, 5.74) is 0.873. The number of anilines is 1. The van der Waals surface area contributed by atoms with Gasteiger partial charge in [0.1, 0.15) is 11.5 Å². The highest BCUT2D eigenvalue weighted by atomic mass is 15.4. The second-order valence-electron chi connectivity index (χ2n) is 2.79. The van der Waals surface area contributed by atoms with Crippen LogP contribution in [0.1, 0.15) is 5.69 Å². The van der Waals surface area contributed by atoms with Crippen molar-refractivity contribution in [2.45, 2.75) is 6.54 Å². The normalized spacial score (nSPS) is 10.1. The third-order valence-electron chi connectivity index (χ3n) is 1.67. The maximum atomic E-state index is 4.12. The van der Waals surface area contributed by atoms with Crippen molar-refractivity contribution in [3.05, 3.63) is 30.2 Å². The van der Waals surface area contributed by atoms with Crippen molar-refractivity contribution >= 4 is 5.82 Å². The van der Waals surface area contributed by atoms with Crippen LogP contribution in [-0.2, 0) is 13.6 Å². The lowest BCUT2D eigenvalue weighted by atomic mass is 10.4. The maximum absolute atomic E-state index is 4.12. The van der Waals surface area contributed by atoms with Crippen LogP contribution in [0.2, 0.25) is 0 Å². The van der Waals surface area contributed by atoms with Crippen LogP contribution in [0.3, 0.4) is 0 Å². The summed E-state index contributed by atoms with van der Waals surface area (Å²) in [6, 6.07) is 3.68. The van der Waals surface area contributed by atoms with E-state index in [-0.39, 0.29) is 0 Å². The lowest BCUT2D eigenvalue weighted by Gasteiger charge is -1.99. The molecule has 0 atom stereocenters. The van der Waals surface area contributed by atoms with E-state index in [0.29, 0.717) is 6.54 Å². The van der Waals surface area contributed by atoms with Gasteiger partial charge in [0, 0.05) is 13.2 Å². The Morgan fingerprint density at radius 3 is 3.07 bits per heavy atom. The van der Waals surface area contributed by atoms with Crippen LogP contribution in [0.25, 0.3) is 0 Å². The molecule has 0 spiro atoms. The van der Waals surface area contributed by atoms with Gasteiger partial charge >= 0.3 is 0 Å². The summed E-state index contributed by atoms with van der Waals surface area (Å²) in [7, 11) is 1.78. The number of hydrogen-bond acceptors (Lipinski definition) is 5. The minimum Gasteiger partial charge on any atom is -0.363 e. The summed E-state index contributed by atoms with van der Waals surface area (Å²) in [5.74, 6) is 0.734. The molecule has 0 aliphatic carbocycles.